The summed E-state index contributed by atoms with van der Waals surface area (Å²) in [5.41, 5.74) is 1.22. The minimum atomic E-state index is -1.17. The van der Waals surface area contributed by atoms with Crippen molar-refractivity contribution in [2.75, 3.05) is 5.32 Å². The molecule has 2 N–H and O–H groups in total. The Morgan fingerprint density at radius 1 is 0.962 bits per heavy atom. The zero-order valence-electron chi connectivity index (χ0n) is 12.9. The van der Waals surface area contributed by atoms with Crippen molar-refractivity contribution in [3.8, 4) is 11.1 Å². The third-order valence-corrected chi connectivity index (χ3v) is 5.22. The summed E-state index contributed by atoms with van der Waals surface area (Å²) < 4.78 is 0. The summed E-state index contributed by atoms with van der Waals surface area (Å²) in [4.78, 5) is 24.2. The molecule has 0 fully saturated rings. The van der Waals surface area contributed by atoms with Gasteiger partial charge in [-0.25, -0.2) is 4.79 Å². The second-order valence-corrected chi connectivity index (χ2v) is 7.41. The van der Waals surface area contributed by atoms with E-state index < -0.39 is 11.9 Å². The van der Waals surface area contributed by atoms with Crippen molar-refractivity contribution in [1.29, 1.82) is 0 Å². The topological polar surface area (TPSA) is 66.4 Å². The van der Waals surface area contributed by atoms with E-state index >= 15 is 0 Å². The molecule has 0 aliphatic carbocycles. The lowest BCUT2D eigenvalue weighted by Gasteiger charge is -2.07. The number of carbonyl (C=O) groups excluding carboxylic acids is 1. The van der Waals surface area contributed by atoms with E-state index in [2.05, 4.69) is 5.32 Å². The average molecular weight is 427 g/mol. The van der Waals surface area contributed by atoms with Crippen LogP contribution in [0.1, 0.15) is 20.7 Å². The van der Waals surface area contributed by atoms with Crippen LogP contribution >= 0.6 is 46.1 Å². The summed E-state index contributed by atoms with van der Waals surface area (Å²) in [5, 5.41) is 15.3. The van der Waals surface area contributed by atoms with E-state index in [9.17, 15) is 14.7 Å². The van der Waals surface area contributed by atoms with Gasteiger partial charge in [0.25, 0.3) is 5.91 Å². The first-order chi connectivity index (χ1) is 12.4. The maximum atomic E-state index is 12.4. The Balaban J connectivity index is 2.00. The molecule has 26 heavy (non-hydrogen) atoms. The molecular weight excluding hydrogens is 417 g/mol. The van der Waals surface area contributed by atoms with Gasteiger partial charge in [-0.2, -0.15) is 0 Å². The molecule has 0 atom stereocenters. The number of benzene rings is 2. The number of amides is 1. The van der Waals surface area contributed by atoms with Crippen molar-refractivity contribution in [1.82, 2.24) is 0 Å². The normalized spacial score (nSPS) is 10.6. The van der Waals surface area contributed by atoms with Crippen LogP contribution in [0.15, 0.2) is 47.8 Å². The van der Waals surface area contributed by atoms with Crippen LogP contribution in [0.2, 0.25) is 15.1 Å². The average Bonchev–Trinajstić information content (AvgIpc) is 2.98. The molecule has 0 aliphatic heterocycles. The van der Waals surface area contributed by atoms with Crippen LogP contribution in [0.4, 0.5) is 5.00 Å². The molecule has 0 bridgehead atoms. The van der Waals surface area contributed by atoms with Gasteiger partial charge in [-0.05, 0) is 30.3 Å². The fraction of sp³-hybridized carbons (Fsp3) is 0. The predicted octanol–water partition coefficient (Wildman–Crippen LogP) is 6.33. The lowest BCUT2D eigenvalue weighted by Crippen LogP contribution is -2.13. The van der Waals surface area contributed by atoms with Gasteiger partial charge in [0, 0.05) is 37.1 Å². The summed E-state index contributed by atoms with van der Waals surface area (Å²) in [6.45, 7) is 0. The molecule has 1 aromatic heterocycles. The first-order valence-corrected chi connectivity index (χ1v) is 9.25. The molecule has 0 unspecified atom stereocenters. The third-order valence-electron chi connectivity index (χ3n) is 3.54. The van der Waals surface area contributed by atoms with Gasteiger partial charge >= 0.3 is 5.97 Å². The molecule has 2 aromatic carbocycles. The summed E-state index contributed by atoms with van der Waals surface area (Å²) >= 11 is 19.1. The fourth-order valence-electron chi connectivity index (χ4n) is 2.37. The second kappa shape index (κ2) is 7.68. The molecule has 1 heterocycles. The van der Waals surface area contributed by atoms with Crippen molar-refractivity contribution in [2.45, 2.75) is 0 Å². The number of carbonyl (C=O) groups is 2. The standard InChI is InChI=1S/C18H10Cl3NO3S/c19-10-3-1-2-9(6-10)16(23)22-17-15(18(24)25)13(8-26-17)12-5-4-11(20)7-14(12)21/h1-8H,(H,22,23)(H,24,25). The van der Waals surface area contributed by atoms with E-state index in [0.29, 0.717) is 31.8 Å². The van der Waals surface area contributed by atoms with Crippen LogP contribution in [0.25, 0.3) is 11.1 Å². The van der Waals surface area contributed by atoms with Crippen LogP contribution in [0.3, 0.4) is 0 Å². The first-order valence-electron chi connectivity index (χ1n) is 7.24. The summed E-state index contributed by atoms with van der Waals surface area (Å²) in [7, 11) is 0. The van der Waals surface area contributed by atoms with Gasteiger partial charge in [-0.15, -0.1) is 11.3 Å². The maximum Gasteiger partial charge on any atom is 0.339 e. The maximum absolute atomic E-state index is 12.4. The molecular formula is C18H10Cl3NO3S. The number of aromatic carboxylic acids is 1. The van der Waals surface area contributed by atoms with Gasteiger partial charge in [0.05, 0.1) is 0 Å². The van der Waals surface area contributed by atoms with Crippen LogP contribution < -0.4 is 5.32 Å². The monoisotopic (exact) mass is 425 g/mol. The quantitative estimate of drug-likeness (QED) is 0.512. The van der Waals surface area contributed by atoms with Crippen molar-refractivity contribution < 1.29 is 14.7 Å². The smallest absolute Gasteiger partial charge is 0.339 e. The molecule has 0 aliphatic rings. The van der Waals surface area contributed by atoms with Crippen molar-refractivity contribution in [3.63, 3.8) is 0 Å². The molecule has 132 valence electrons. The van der Waals surface area contributed by atoms with E-state index in [1.54, 1.807) is 35.7 Å². The van der Waals surface area contributed by atoms with Gasteiger partial charge in [0.2, 0.25) is 0 Å². The highest BCUT2D eigenvalue weighted by atomic mass is 35.5. The SMILES string of the molecule is O=C(Nc1scc(-c2ccc(Cl)cc2Cl)c1C(=O)O)c1cccc(Cl)c1. The zero-order chi connectivity index (χ0) is 18.8. The first kappa shape index (κ1) is 18.7. The molecule has 4 nitrogen and oxygen atoms in total. The summed E-state index contributed by atoms with van der Waals surface area (Å²) in [6, 6.07) is 11.2. The highest BCUT2D eigenvalue weighted by Crippen LogP contribution is 2.39. The van der Waals surface area contributed by atoms with Gasteiger partial charge in [0.1, 0.15) is 10.6 Å². The summed E-state index contributed by atoms with van der Waals surface area (Å²) in [5.74, 6) is -1.63. The Morgan fingerprint density at radius 3 is 2.35 bits per heavy atom. The lowest BCUT2D eigenvalue weighted by atomic mass is 10.0. The van der Waals surface area contributed by atoms with Crippen LogP contribution in [0, 0.1) is 0 Å². The zero-order valence-corrected chi connectivity index (χ0v) is 16.0. The van der Waals surface area contributed by atoms with Crippen molar-refractivity contribution >= 4 is 63.0 Å². The van der Waals surface area contributed by atoms with Crippen molar-refractivity contribution in [2.24, 2.45) is 0 Å². The van der Waals surface area contributed by atoms with Crippen LogP contribution in [-0.2, 0) is 0 Å². The highest BCUT2D eigenvalue weighted by Gasteiger charge is 2.23. The van der Waals surface area contributed by atoms with Crippen molar-refractivity contribution in [3.05, 3.63) is 74.0 Å². The molecule has 0 spiro atoms. The number of rotatable bonds is 4. The molecule has 0 radical (unpaired) electrons. The van der Waals surface area contributed by atoms with Gasteiger partial charge in [0.15, 0.2) is 0 Å². The predicted molar refractivity (Wildman–Crippen MR) is 106 cm³/mol. The number of hydrogen-bond donors (Lipinski definition) is 2. The third kappa shape index (κ3) is 3.86. The number of thiophene rings is 1. The van der Waals surface area contributed by atoms with E-state index in [1.165, 1.54) is 12.1 Å². The number of carboxylic acids is 1. The van der Waals surface area contributed by atoms with E-state index in [4.69, 9.17) is 34.8 Å². The molecule has 3 aromatic rings. The molecule has 3 rings (SSSR count). The number of anilines is 1. The molecule has 8 heteroatoms. The number of nitrogens with one attached hydrogen (secondary N) is 1. The Kier molecular flexibility index (Phi) is 5.53. The fourth-order valence-corrected chi connectivity index (χ4v) is 4.02. The minimum absolute atomic E-state index is 0.0328. The summed E-state index contributed by atoms with van der Waals surface area (Å²) in [6.07, 6.45) is 0. The Morgan fingerprint density at radius 2 is 1.69 bits per heavy atom. The minimum Gasteiger partial charge on any atom is -0.478 e. The van der Waals surface area contributed by atoms with E-state index in [1.807, 2.05) is 0 Å². The highest BCUT2D eigenvalue weighted by molar-refractivity contribution is 7.15. The molecule has 1 amide bonds. The Hall–Kier alpha value is -2.05. The number of hydrogen-bond acceptors (Lipinski definition) is 3. The second-order valence-electron chi connectivity index (χ2n) is 5.25. The largest absolute Gasteiger partial charge is 0.478 e. The Labute approximate surface area is 167 Å². The number of halogens is 3. The van der Waals surface area contributed by atoms with Crippen LogP contribution in [-0.4, -0.2) is 17.0 Å². The molecule has 0 saturated heterocycles. The molecule has 0 saturated carbocycles. The van der Waals surface area contributed by atoms with Crippen LogP contribution in [0.5, 0.6) is 0 Å². The van der Waals surface area contributed by atoms with E-state index in [-0.39, 0.29) is 10.6 Å². The lowest BCUT2D eigenvalue weighted by molar-refractivity contribution is 0.0699. The Bertz CT molecular complexity index is 1020. The van der Waals surface area contributed by atoms with Gasteiger partial charge < -0.3 is 10.4 Å². The van der Waals surface area contributed by atoms with Gasteiger partial charge in [-0.3, -0.25) is 4.79 Å². The van der Waals surface area contributed by atoms with E-state index in [0.717, 1.165) is 11.3 Å². The number of carboxylic acid groups (broad SMARTS) is 1. The van der Waals surface area contributed by atoms with Gasteiger partial charge in [-0.1, -0.05) is 46.9 Å².